The maximum Gasteiger partial charge on any atom is 0.0502 e. The summed E-state index contributed by atoms with van der Waals surface area (Å²) in [5, 5.41) is 13.3. The second-order valence-electron chi connectivity index (χ2n) is 6.37. The van der Waals surface area contributed by atoms with Gasteiger partial charge in [-0.1, -0.05) is 12.8 Å². The van der Waals surface area contributed by atoms with E-state index in [-0.39, 0.29) is 5.41 Å². The van der Waals surface area contributed by atoms with Gasteiger partial charge in [-0.2, -0.15) is 0 Å². The van der Waals surface area contributed by atoms with Crippen molar-refractivity contribution in [3.63, 3.8) is 0 Å². The molecule has 0 radical (unpaired) electrons. The number of aliphatic hydroxyl groups is 1. The Morgan fingerprint density at radius 2 is 2.00 bits per heavy atom. The van der Waals surface area contributed by atoms with Crippen LogP contribution in [0.4, 0.5) is 0 Å². The Morgan fingerprint density at radius 3 is 2.71 bits per heavy atom. The molecule has 98 valence electrons. The first-order valence-corrected chi connectivity index (χ1v) is 7.40. The minimum absolute atomic E-state index is 0.267. The summed E-state index contributed by atoms with van der Waals surface area (Å²) in [5.41, 5.74) is 0.267. The summed E-state index contributed by atoms with van der Waals surface area (Å²) in [6.07, 6.45) is 7.92. The minimum atomic E-state index is 0.267. The van der Waals surface area contributed by atoms with Crippen molar-refractivity contribution in [2.45, 2.75) is 44.6 Å². The van der Waals surface area contributed by atoms with E-state index >= 15 is 0 Å². The molecule has 1 aliphatic carbocycles. The van der Waals surface area contributed by atoms with Gasteiger partial charge < -0.3 is 10.4 Å². The van der Waals surface area contributed by atoms with Crippen LogP contribution in [0.25, 0.3) is 0 Å². The maximum atomic E-state index is 9.83. The molecular formula is C14H26N2O. The molecule has 3 aliphatic rings. The summed E-state index contributed by atoms with van der Waals surface area (Å²) in [4.78, 5) is 2.70. The number of nitrogens with one attached hydrogen (secondary N) is 1. The van der Waals surface area contributed by atoms with Crippen LogP contribution in [0.5, 0.6) is 0 Å². The zero-order chi connectivity index (χ0) is 11.7. The third kappa shape index (κ3) is 2.13. The number of fused-ring (bicyclic) bond motifs is 1. The quantitative estimate of drug-likeness (QED) is 0.759. The molecule has 0 aromatic carbocycles. The first kappa shape index (κ1) is 11.9. The summed E-state index contributed by atoms with van der Waals surface area (Å²) >= 11 is 0. The van der Waals surface area contributed by atoms with Crippen molar-refractivity contribution in [2.24, 2.45) is 11.3 Å². The number of aliphatic hydroxyl groups excluding tert-OH is 1. The van der Waals surface area contributed by atoms with Crippen LogP contribution in [0.15, 0.2) is 0 Å². The van der Waals surface area contributed by atoms with E-state index in [2.05, 4.69) is 10.2 Å². The highest BCUT2D eigenvalue weighted by Gasteiger charge is 2.48. The van der Waals surface area contributed by atoms with E-state index in [9.17, 15) is 5.11 Å². The Bertz CT molecular complexity index is 265. The molecule has 2 aliphatic heterocycles. The van der Waals surface area contributed by atoms with Gasteiger partial charge in [-0.25, -0.2) is 0 Å². The number of hydrogen-bond donors (Lipinski definition) is 2. The normalized spacial score (nSPS) is 40.4. The highest BCUT2D eigenvalue weighted by atomic mass is 16.3. The summed E-state index contributed by atoms with van der Waals surface area (Å²) in [6.45, 7) is 5.19. The molecule has 3 nitrogen and oxygen atoms in total. The van der Waals surface area contributed by atoms with Crippen molar-refractivity contribution in [2.75, 3.05) is 32.8 Å². The fourth-order valence-electron chi connectivity index (χ4n) is 4.33. The van der Waals surface area contributed by atoms with Crippen LogP contribution < -0.4 is 5.32 Å². The fourth-order valence-corrected chi connectivity index (χ4v) is 4.33. The molecule has 1 saturated carbocycles. The molecule has 0 spiro atoms. The third-order valence-electron chi connectivity index (χ3n) is 5.46. The lowest BCUT2D eigenvalue weighted by Gasteiger charge is -2.37. The van der Waals surface area contributed by atoms with Crippen molar-refractivity contribution in [1.29, 1.82) is 0 Å². The van der Waals surface area contributed by atoms with Crippen LogP contribution in [0, 0.1) is 11.3 Å². The predicted octanol–water partition coefficient (Wildman–Crippen LogP) is 1.22. The molecule has 0 amide bonds. The second kappa shape index (κ2) is 4.87. The van der Waals surface area contributed by atoms with Crippen LogP contribution in [0.1, 0.15) is 38.5 Å². The van der Waals surface area contributed by atoms with E-state index in [4.69, 9.17) is 0 Å². The Labute approximate surface area is 105 Å². The lowest BCUT2D eigenvalue weighted by Crippen LogP contribution is -2.43. The molecule has 0 aromatic heterocycles. The molecule has 3 heteroatoms. The van der Waals surface area contributed by atoms with Crippen LogP contribution in [-0.4, -0.2) is 48.8 Å². The van der Waals surface area contributed by atoms with Gasteiger partial charge in [0.1, 0.15) is 0 Å². The van der Waals surface area contributed by atoms with E-state index in [1.54, 1.807) is 0 Å². The van der Waals surface area contributed by atoms with Gasteiger partial charge in [0.15, 0.2) is 0 Å². The Balaban J connectivity index is 1.69. The van der Waals surface area contributed by atoms with Gasteiger partial charge in [0.25, 0.3) is 0 Å². The van der Waals surface area contributed by atoms with Crippen molar-refractivity contribution >= 4 is 0 Å². The van der Waals surface area contributed by atoms with Crippen molar-refractivity contribution in [3.05, 3.63) is 0 Å². The molecule has 0 bridgehead atoms. The van der Waals surface area contributed by atoms with Gasteiger partial charge in [0, 0.05) is 24.5 Å². The number of nitrogens with zero attached hydrogens (tertiary/aromatic N) is 1. The van der Waals surface area contributed by atoms with Gasteiger partial charge in [0.2, 0.25) is 0 Å². The zero-order valence-corrected chi connectivity index (χ0v) is 10.8. The summed E-state index contributed by atoms with van der Waals surface area (Å²) in [5.74, 6) is 0.774. The Kier molecular flexibility index (Phi) is 3.42. The SMILES string of the molecule is OC[C@@]12CCCC[C@@H]1CN(C1CCNCC1)C2. The topological polar surface area (TPSA) is 35.5 Å². The summed E-state index contributed by atoms with van der Waals surface area (Å²) in [7, 11) is 0. The van der Waals surface area contributed by atoms with E-state index in [1.807, 2.05) is 0 Å². The molecule has 3 rings (SSSR count). The van der Waals surface area contributed by atoms with Gasteiger partial charge in [-0.3, -0.25) is 4.90 Å². The first-order chi connectivity index (χ1) is 8.34. The highest BCUT2D eigenvalue weighted by molar-refractivity contribution is 5.00. The van der Waals surface area contributed by atoms with Crippen molar-refractivity contribution < 1.29 is 5.11 Å². The minimum Gasteiger partial charge on any atom is -0.396 e. The smallest absolute Gasteiger partial charge is 0.0502 e. The van der Waals surface area contributed by atoms with E-state index < -0.39 is 0 Å². The molecule has 17 heavy (non-hydrogen) atoms. The summed E-state index contributed by atoms with van der Waals surface area (Å²) in [6, 6.07) is 0.783. The molecule has 2 saturated heterocycles. The molecule has 2 N–H and O–H groups in total. The van der Waals surface area contributed by atoms with E-state index in [1.165, 1.54) is 64.7 Å². The lowest BCUT2D eigenvalue weighted by atomic mass is 9.69. The largest absolute Gasteiger partial charge is 0.396 e. The highest BCUT2D eigenvalue weighted by Crippen LogP contribution is 2.47. The molecule has 2 heterocycles. The van der Waals surface area contributed by atoms with E-state index in [0.717, 1.165) is 12.0 Å². The first-order valence-electron chi connectivity index (χ1n) is 7.40. The van der Waals surface area contributed by atoms with Gasteiger partial charge >= 0.3 is 0 Å². The van der Waals surface area contributed by atoms with Gasteiger partial charge in [-0.05, 0) is 44.7 Å². The average Bonchev–Trinajstić information content (AvgIpc) is 2.80. The number of likely N-dealkylation sites (tertiary alicyclic amines) is 1. The number of piperidine rings is 1. The van der Waals surface area contributed by atoms with Crippen molar-refractivity contribution in [1.82, 2.24) is 10.2 Å². The zero-order valence-electron chi connectivity index (χ0n) is 10.8. The third-order valence-corrected chi connectivity index (χ3v) is 5.46. The maximum absolute atomic E-state index is 9.83. The standard InChI is InChI=1S/C14H26N2O/c17-11-14-6-2-1-3-12(14)9-16(10-14)13-4-7-15-8-5-13/h12-13,15,17H,1-11H2/t12-,14+/m1/s1. The van der Waals surface area contributed by atoms with Crippen LogP contribution >= 0.6 is 0 Å². The van der Waals surface area contributed by atoms with E-state index in [0.29, 0.717) is 6.61 Å². The van der Waals surface area contributed by atoms with Crippen LogP contribution in [-0.2, 0) is 0 Å². The van der Waals surface area contributed by atoms with Gasteiger partial charge in [0.05, 0.1) is 6.61 Å². The van der Waals surface area contributed by atoms with Gasteiger partial charge in [-0.15, -0.1) is 0 Å². The van der Waals surface area contributed by atoms with Crippen molar-refractivity contribution in [3.8, 4) is 0 Å². The predicted molar refractivity (Wildman–Crippen MR) is 68.9 cm³/mol. The molecule has 0 unspecified atom stereocenters. The molecule has 3 fully saturated rings. The van der Waals surface area contributed by atoms with Crippen LogP contribution in [0.3, 0.4) is 0 Å². The molecule has 2 atom stereocenters. The monoisotopic (exact) mass is 238 g/mol. The average molecular weight is 238 g/mol. The van der Waals surface area contributed by atoms with Crippen LogP contribution in [0.2, 0.25) is 0 Å². The lowest BCUT2D eigenvalue weighted by molar-refractivity contribution is 0.0551. The second-order valence-corrected chi connectivity index (χ2v) is 6.37. The molecular weight excluding hydrogens is 212 g/mol. The Morgan fingerprint density at radius 1 is 1.18 bits per heavy atom. The number of rotatable bonds is 2. The molecule has 0 aromatic rings. The number of hydrogen-bond acceptors (Lipinski definition) is 3. The fraction of sp³-hybridized carbons (Fsp3) is 1.00. The summed E-state index contributed by atoms with van der Waals surface area (Å²) < 4.78 is 0. The Hall–Kier alpha value is -0.120.